The van der Waals surface area contributed by atoms with E-state index in [2.05, 4.69) is 0 Å². The molecule has 0 unspecified atom stereocenters. The van der Waals surface area contributed by atoms with Crippen molar-refractivity contribution in [1.29, 1.82) is 0 Å². The van der Waals surface area contributed by atoms with Crippen molar-refractivity contribution in [2.75, 3.05) is 7.11 Å². The number of aliphatic imine (C=N–C) groups is 1. The summed E-state index contributed by atoms with van der Waals surface area (Å²) in [6, 6.07) is 15.3. The van der Waals surface area contributed by atoms with Crippen molar-refractivity contribution in [1.82, 2.24) is 9.78 Å². The van der Waals surface area contributed by atoms with E-state index in [1.165, 1.54) is 0 Å². The summed E-state index contributed by atoms with van der Waals surface area (Å²) in [5.74, 6) is 1.95. The van der Waals surface area contributed by atoms with Crippen LogP contribution in [0.4, 0.5) is 5.82 Å². The fraction of sp³-hybridized carbons (Fsp3) is 0.238. The van der Waals surface area contributed by atoms with Crippen LogP contribution in [0.1, 0.15) is 30.6 Å². The summed E-state index contributed by atoms with van der Waals surface area (Å²) in [5, 5.41) is 15.1. The highest BCUT2D eigenvalue weighted by atomic mass is 16.5. The first kappa shape index (κ1) is 16.4. The van der Waals surface area contributed by atoms with Gasteiger partial charge in [-0.2, -0.15) is 5.10 Å². The number of fused-ring (bicyclic) bond motifs is 1. The second-order valence-electron chi connectivity index (χ2n) is 6.58. The molecule has 2 aromatic carbocycles. The fourth-order valence-electron chi connectivity index (χ4n) is 3.56. The molecule has 5 nitrogen and oxygen atoms in total. The predicted octanol–water partition coefficient (Wildman–Crippen LogP) is 4.66. The van der Waals surface area contributed by atoms with E-state index in [-0.39, 0.29) is 11.8 Å². The molecule has 26 heavy (non-hydrogen) atoms. The molecule has 1 N–H and O–H groups in total. The molecule has 4 rings (SSSR count). The third-order valence-electron chi connectivity index (χ3n) is 4.82. The number of aromatic hydroxyl groups is 1. The molecule has 1 aromatic heterocycles. The second-order valence-corrected chi connectivity index (χ2v) is 6.58. The Morgan fingerprint density at radius 1 is 1.08 bits per heavy atom. The molecule has 1 aliphatic rings. The monoisotopic (exact) mass is 347 g/mol. The number of phenolic OH excluding ortho intramolecular Hbond substituents is 1. The van der Waals surface area contributed by atoms with E-state index in [0.717, 1.165) is 46.1 Å². The Morgan fingerprint density at radius 3 is 2.50 bits per heavy atom. The first-order valence-electron chi connectivity index (χ1n) is 8.64. The summed E-state index contributed by atoms with van der Waals surface area (Å²) in [5.41, 5.74) is 4.89. The fourth-order valence-corrected chi connectivity index (χ4v) is 3.56. The van der Waals surface area contributed by atoms with Gasteiger partial charge in [-0.05, 0) is 37.6 Å². The number of nitrogens with zero attached hydrogens (tertiary/aromatic N) is 3. The summed E-state index contributed by atoms with van der Waals surface area (Å²) in [6.07, 6.45) is 0.730. The lowest BCUT2D eigenvalue weighted by Crippen LogP contribution is -2.19. The van der Waals surface area contributed by atoms with Crippen LogP contribution < -0.4 is 4.74 Å². The molecule has 1 aliphatic heterocycles. The molecule has 0 saturated carbocycles. The van der Waals surface area contributed by atoms with Crippen LogP contribution in [0.2, 0.25) is 0 Å². The largest absolute Gasteiger partial charge is 0.508 e. The zero-order chi connectivity index (χ0) is 18.3. The van der Waals surface area contributed by atoms with Crippen molar-refractivity contribution in [2.24, 2.45) is 4.99 Å². The molecule has 132 valence electrons. The number of hydrogen-bond acceptors (Lipinski definition) is 4. The van der Waals surface area contributed by atoms with E-state index < -0.39 is 0 Å². The van der Waals surface area contributed by atoms with Crippen molar-refractivity contribution in [2.45, 2.75) is 26.3 Å². The normalized spacial score (nSPS) is 16.1. The minimum Gasteiger partial charge on any atom is -0.508 e. The highest BCUT2D eigenvalue weighted by Gasteiger charge is 2.29. The van der Waals surface area contributed by atoms with Gasteiger partial charge in [-0.15, -0.1) is 0 Å². The van der Waals surface area contributed by atoms with Gasteiger partial charge < -0.3 is 9.84 Å². The number of aromatic nitrogens is 2. The van der Waals surface area contributed by atoms with Crippen molar-refractivity contribution < 1.29 is 9.84 Å². The van der Waals surface area contributed by atoms with Crippen molar-refractivity contribution in [3.63, 3.8) is 0 Å². The molecular formula is C21H21N3O2. The number of rotatable bonds is 3. The Hall–Kier alpha value is -3.08. The summed E-state index contributed by atoms with van der Waals surface area (Å²) >= 11 is 0. The maximum Gasteiger partial charge on any atom is 0.159 e. The third-order valence-corrected chi connectivity index (χ3v) is 4.82. The molecule has 0 amide bonds. The van der Waals surface area contributed by atoms with Gasteiger partial charge in [-0.25, -0.2) is 9.67 Å². The van der Waals surface area contributed by atoms with Crippen LogP contribution in [0.5, 0.6) is 11.5 Å². The van der Waals surface area contributed by atoms with Crippen LogP contribution in [0, 0.1) is 6.92 Å². The average Bonchev–Trinajstić information content (AvgIpc) is 2.97. The molecule has 3 aromatic rings. The van der Waals surface area contributed by atoms with E-state index in [4.69, 9.17) is 14.8 Å². The van der Waals surface area contributed by atoms with Crippen molar-refractivity contribution in [3.8, 4) is 22.6 Å². The summed E-state index contributed by atoms with van der Waals surface area (Å²) in [6.45, 7) is 4.02. The van der Waals surface area contributed by atoms with Crippen molar-refractivity contribution in [3.05, 3.63) is 59.8 Å². The van der Waals surface area contributed by atoms with Gasteiger partial charge in [-0.3, -0.25) is 0 Å². The average molecular weight is 347 g/mol. The Labute approximate surface area is 152 Å². The highest BCUT2D eigenvalue weighted by molar-refractivity contribution is 5.90. The summed E-state index contributed by atoms with van der Waals surface area (Å²) in [7, 11) is 1.66. The van der Waals surface area contributed by atoms with Gasteiger partial charge in [0.2, 0.25) is 0 Å². The van der Waals surface area contributed by atoms with Gasteiger partial charge in [0.15, 0.2) is 5.82 Å². The zero-order valence-electron chi connectivity index (χ0n) is 15.1. The van der Waals surface area contributed by atoms with Crippen LogP contribution in [0.3, 0.4) is 0 Å². The summed E-state index contributed by atoms with van der Waals surface area (Å²) < 4.78 is 7.20. The van der Waals surface area contributed by atoms with E-state index in [1.807, 2.05) is 61.0 Å². The van der Waals surface area contributed by atoms with Gasteiger partial charge in [0.25, 0.3) is 0 Å². The Morgan fingerprint density at radius 2 is 1.81 bits per heavy atom. The smallest absolute Gasteiger partial charge is 0.159 e. The van der Waals surface area contributed by atoms with Crippen LogP contribution >= 0.6 is 0 Å². The van der Waals surface area contributed by atoms with Gasteiger partial charge in [0.1, 0.15) is 11.5 Å². The molecular weight excluding hydrogens is 326 g/mol. The van der Waals surface area contributed by atoms with E-state index in [0.29, 0.717) is 0 Å². The standard InChI is InChI=1S/C21H21N3O2/c1-13-12-18(17-6-4-5-7-19(17)25)24-21(22-13)20(14(2)23-24)15-8-10-16(26-3)11-9-15/h4-11,18,25H,12H2,1-3H3/t18-/m0/s1. The number of phenols is 1. The number of ether oxygens (including phenoxy) is 1. The number of methoxy groups -OCH3 is 1. The Bertz CT molecular complexity index is 987. The molecule has 1 atom stereocenters. The van der Waals surface area contributed by atoms with Crippen LogP contribution in [0.25, 0.3) is 11.1 Å². The topological polar surface area (TPSA) is 59.6 Å². The number of aryl methyl sites for hydroxylation is 1. The zero-order valence-corrected chi connectivity index (χ0v) is 15.1. The van der Waals surface area contributed by atoms with E-state index in [1.54, 1.807) is 13.2 Å². The lowest BCUT2D eigenvalue weighted by Gasteiger charge is -2.24. The molecule has 5 heteroatoms. The maximum absolute atomic E-state index is 10.3. The van der Waals surface area contributed by atoms with E-state index >= 15 is 0 Å². The Balaban J connectivity index is 1.87. The van der Waals surface area contributed by atoms with Crippen LogP contribution in [0.15, 0.2) is 53.5 Å². The molecule has 2 heterocycles. The quantitative estimate of drug-likeness (QED) is 0.750. The number of para-hydroxylation sites is 1. The molecule has 0 saturated heterocycles. The van der Waals surface area contributed by atoms with Crippen molar-refractivity contribution >= 4 is 11.5 Å². The molecule has 0 aliphatic carbocycles. The van der Waals surface area contributed by atoms with Crippen LogP contribution in [-0.4, -0.2) is 27.7 Å². The second kappa shape index (κ2) is 6.33. The number of benzene rings is 2. The Kier molecular flexibility index (Phi) is 3.99. The van der Waals surface area contributed by atoms with Crippen LogP contribution in [-0.2, 0) is 0 Å². The minimum absolute atomic E-state index is 0.0607. The van der Waals surface area contributed by atoms with Gasteiger partial charge >= 0.3 is 0 Å². The minimum atomic E-state index is -0.0607. The molecule has 0 bridgehead atoms. The molecule has 0 fully saturated rings. The number of hydrogen-bond donors (Lipinski definition) is 1. The predicted molar refractivity (Wildman–Crippen MR) is 103 cm³/mol. The lowest BCUT2D eigenvalue weighted by atomic mass is 9.98. The third kappa shape index (κ3) is 2.65. The highest BCUT2D eigenvalue weighted by Crippen LogP contribution is 2.42. The first-order valence-corrected chi connectivity index (χ1v) is 8.64. The SMILES string of the molecule is COc1ccc(-c2c(C)nn3c2N=C(C)C[C@H]3c2ccccc2O)cc1. The summed E-state index contributed by atoms with van der Waals surface area (Å²) in [4.78, 5) is 4.80. The maximum atomic E-state index is 10.3. The van der Waals surface area contributed by atoms with Gasteiger partial charge in [0.05, 0.1) is 18.8 Å². The van der Waals surface area contributed by atoms with E-state index in [9.17, 15) is 5.11 Å². The first-order chi connectivity index (χ1) is 12.6. The van der Waals surface area contributed by atoms with Gasteiger partial charge in [0, 0.05) is 23.3 Å². The molecule has 0 spiro atoms. The lowest BCUT2D eigenvalue weighted by molar-refractivity contribution is 0.415. The molecule has 0 radical (unpaired) electrons. The van der Waals surface area contributed by atoms with Gasteiger partial charge in [-0.1, -0.05) is 30.3 Å².